The largest absolute Gasteiger partial charge is 0.493 e. The van der Waals surface area contributed by atoms with E-state index < -0.39 is 11.7 Å². The summed E-state index contributed by atoms with van der Waals surface area (Å²) < 4.78 is 10.8. The van der Waals surface area contributed by atoms with Crippen molar-refractivity contribution in [3.63, 3.8) is 0 Å². The lowest BCUT2D eigenvalue weighted by atomic mass is 10.0. The zero-order valence-electron chi connectivity index (χ0n) is 18.3. The van der Waals surface area contributed by atoms with Gasteiger partial charge in [-0.25, -0.2) is 0 Å². The van der Waals surface area contributed by atoms with Crippen LogP contribution in [0.5, 0.6) is 11.5 Å². The Morgan fingerprint density at radius 3 is 2.47 bits per heavy atom. The fourth-order valence-corrected chi connectivity index (χ4v) is 4.65. The third-order valence-electron chi connectivity index (χ3n) is 5.16. The standard InChI is InChI=1S/C26H18N2O4S2/c1-31-21-10-7-16(11-22(21)32-2)12-23-25(30)28(26(33)34-23)15-20(14-27)24(29)19-9-8-17-5-3-4-6-18(17)13-19/h3-13,15H,1-2H3/b20-15-,23-12-. The minimum Gasteiger partial charge on any atom is -0.493 e. The van der Waals surface area contributed by atoms with E-state index in [2.05, 4.69) is 0 Å². The van der Waals surface area contributed by atoms with Gasteiger partial charge in [0.2, 0.25) is 5.78 Å². The first kappa shape index (κ1) is 23.2. The third kappa shape index (κ3) is 4.57. The molecule has 1 fully saturated rings. The number of thioether (sulfide) groups is 1. The number of ether oxygens (including phenoxy) is 2. The number of ketones is 1. The average molecular weight is 487 g/mol. The SMILES string of the molecule is COc1ccc(/C=C2\SC(=S)N(/C=C(/C#N)C(=O)c3ccc4ccccc4c3)C2=O)cc1OC. The van der Waals surface area contributed by atoms with Gasteiger partial charge in [0.15, 0.2) is 15.8 Å². The Morgan fingerprint density at radius 2 is 1.76 bits per heavy atom. The third-order valence-corrected chi connectivity index (χ3v) is 6.49. The number of nitrogens with zero attached hydrogens (tertiary/aromatic N) is 2. The number of nitriles is 1. The molecule has 0 unspecified atom stereocenters. The normalized spacial score (nSPS) is 15.0. The van der Waals surface area contributed by atoms with E-state index in [0.29, 0.717) is 22.0 Å². The summed E-state index contributed by atoms with van der Waals surface area (Å²) in [4.78, 5) is 27.5. The van der Waals surface area contributed by atoms with Crippen LogP contribution in [-0.2, 0) is 4.79 Å². The number of hydrogen-bond acceptors (Lipinski definition) is 7. The van der Waals surface area contributed by atoms with Gasteiger partial charge in [0.05, 0.1) is 19.1 Å². The Kier molecular flexibility index (Phi) is 6.77. The number of benzene rings is 3. The zero-order chi connectivity index (χ0) is 24.2. The van der Waals surface area contributed by atoms with Crippen molar-refractivity contribution in [1.29, 1.82) is 5.26 Å². The summed E-state index contributed by atoms with van der Waals surface area (Å²) in [6, 6.07) is 20.0. The van der Waals surface area contributed by atoms with E-state index in [0.717, 1.165) is 33.0 Å². The Balaban J connectivity index is 1.62. The van der Waals surface area contributed by atoms with Crippen LogP contribution < -0.4 is 9.47 Å². The van der Waals surface area contributed by atoms with Crippen LogP contribution in [0.2, 0.25) is 0 Å². The smallest absolute Gasteiger partial charge is 0.270 e. The second-order valence-electron chi connectivity index (χ2n) is 7.21. The second kappa shape index (κ2) is 9.91. The van der Waals surface area contributed by atoms with Crippen LogP contribution in [-0.4, -0.2) is 35.1 Å². The molecule has 0 atom stereocenters. The zero-order valence-corrected chi connectivity index (χ0v) is 19.9. The maximum absolute atomic E-state index is 13.0. The molecule has 3 aromatic carbocycles. The molecule has 0 bridgehead atoms. The Morgan fingerprint density at radius 1 is 1.03 bits per heavy atom. The topological polar surface area (TPSA) is 79.6 Å². The van der Waals surface area contributed by atoms with Crippen LogP contribution >= 0.6 is 24.0 Å². The summed E-state index contributed by atoms with van der Waals surface area (Å²) in [5.41, 5.74) is 0.895. The van der Waals surface area contributed by atoms with E-state index >= 15 is 0 Å². The molecule has 0 saturated carbocycles. The summed E-state index contributed by atoms with van der Waals surface area (Å²) in [6.45, 7) is 0. The van der Waals surface area contributed by atoms with Crippen LogP contribution in [0, 0.1) is 11.3 Å². The summed E-state index contributed by atoms with van der Waals surface area (Å²) in [6.07, 6.45) is 2.89. The summed E-state index contributed by atoms with van der Waals surface area (Å²) in [5, 5.41) is 11.5. The molecule has 0 aromatic heterocycles. The highest BCUT2D eigenvalue weighted by Gasteiger charge is 2.32. The Bertz CT molecular complexity index is 1440. The van der Waals surface area contributed by atoms with E-state index in [4.69, 9.17) is 21.7 Å². The summed E-state index contributed by atoms with van der Waals surface area (Å²) in [5.74, 6) is 0.204. The highest BCUT2D eigenvalue weighted by molar-refractivity contribution is 8.26. The minimum atomic E-state index is -0.480. The molecule has 1 aliphatic rings. The number of allylic oxidation sites excluding steroid dienone is 1. The highest BCUT2D eigenvalue weighted by atomic mass is 32.2. The number of amides is 1. The number of methoxy groups -OCH3 is 2. The van der Waals surface area contributed by atoms with Crippen LogP contribution in [0.4, 0.5) is 0 Å². The highest BCUT2D eigenvalue weighted by Crippen LogP contribution is 2.35. The predicted octanol–water partition coefficient (Wildman–Crippen LogP) is 5.35. The molecule has 0 radical (unpaired) electrons. The molecule has 1 amide bonds. The molecule has 1 heterocycles. The molecule has 34 heavy (non-hydrogen) atoms. The molecular weight excluding hydrogens is 468 g/mol. The van der Waals surface area contributed by atoms with Crippen molar-refractivity contribution in [2.24, 2.45) is 0 Å². The van der Waals surface area contributed by atoms with Crippen molar-refractivity contribution >= 4 is 56.8 Å². The first-order valence-corrected chi connectivity index (χ1v) is 11.3. The Hall–Kier alpha value is -3.93. The van der Waals surface area contributed by atoms with Crippen LogP contribution in [0.3, 0.4) is 0 Å². The molecule has 3 aromatic rings. The fraction of sp³-hybridized carbons (Fsp3) is 0.0769. The van der Waals surface area contributed by atoms with Crippen molar-refractivity contribution in [2.75, 3.05) is 14.2 Å². The number of carbonyl (C=O) groups is 2. The van der Waals surface area contributed by atoms with Crippen molar-refractivity contribution in [3.05, 3.63) is 88.5 Å². The monoisotopic (exact) mass is 486 g/mol. The van der Waals surface area contributed by atoms with Crippen molar-refractivity contribution in [3.8, 4) is 17.6 Å². The van der Waals surface area contributed by atoms with Crippen molar-refractivity contribution in [1.82, 2.24) is 4.90 Å². The molecular formula is C26H18N2O4S2. The molecule has 1 aliphatic heterocycles. The van der Waals surface area contributed by atoms with Gasteiger partial charge in [-0.05, 0) is 40.6 Å². The van der Waals surface area contributed by atoms with Gasteiger partial charge in [-0.15, -0.1) is 0 Å². The summed E-state index contributed by atoms with van der Waals surface area (Å²) in [7, 11) is 3.07. The van der Waals surface area contributed by atoms with Gasteiger partial charge in [-0.3, -0.25) is 14.5 Å². The van der Waals surface area contributed by atoms with Gasteiger partial charge in [0.25, 0.3) is 5.91 Å². The van der Waals surface area contributed by atoms with E-state index in [1.54, 1.807) is 43.5 Å². The first-order chi connectivity index (χ1) is 16.4. The van der Waals surface area contributed by atoms with Gasteiger partial charge in [-0.2, -0.15) is 5.26 Å². The van der Waals surface area contributed by atoms with Crippen LogP contribution in [0.15, 0.2) is 77.3 Å². The van der Waals surface area contributed by atoms with Gasteiger partial charge in [-0.1, -0.05) is 66.4 Å². The van der Waals surface area contributed by atoms with Crippen LogP contribution in [0.25, 0.3) is 16.8 Å². The number of Topliss-reactive ketones (excluding diaryl/α,β-unsaturated/α-hetero) is 1. The van der Waals surface area contributed by atoms with Crippen LogP contribution in [0.1, 0.15) is 15.9 Å². The predicted molar refractivity (Wildman–Crippen MR) is 137 cm³/mol. The van der Waals surface area contributed by atoms with Crippen molar-refractivity contribution < 1.29 is 19.1 Å². The number of carbonyl (C=O) groups excluding carboxylic acids is 2. The lowest BCUT2D eigenvalue weighted by Crippen LogP contribution is -2.23. The van der Waals surface area contributed by atoms with Gasteiger partial charge in [0, 0.05) is 11.8 Å². The fourth-order valence-electron chi connectivity index (χ4n) is 3.44. The second-order valence-corrected chi connectivity index (χ2v) is 8.89. The molecule has 1 saturated heterocycles. The van der Waals surface area contributed by atoms with Gasteiger partial charge >= 0.3 is 0 Å². The molecule has 4 rings (SSSR count). The van der Waals surface area contributed by atoms with Gasteiger partial charge in [0.1, 0.15) is 11.6 Å². The Labute approximate surface area is 206 Å². The molecule has 0 spiro atoms. The van der Waals surface area contributed by atoms with Crippen molar-refractivity contribution in [2.45, 2.75) is 0 Å². The summed E-state index contributed by atoms with van der Waals surface area (Å²) >= 11 is 6.44. The molecule has 0 N–H and O–H groups in total. The maximum atomic E-state index is 13.0. The number of fused-ring (bicyclic) bond motifs is 1. The number of hydrogen-bond donors (Lipinski definition) is 0. The van der Waals surface area contributed by atoms with E-state index in [-0.39, 0.29) is 9.89 Å². The molecule has 168 valence electrons. The van der Waals surface area contributed by atoms with E-state index in [9.17, 15) is 14.9 Å². The maximum Gasteiger partial charge on any atom is 0.270 e. The molecule has 8 heteroatoms. The molecule has 0 aliphatic carbocycles. The molecule has 6 nitrogen and oxygen atoms in total. The first-order valence-electron chi connectivity index (χ1n) is 10.1. The lowest BCUT2D eigenvalue weighted by molar-refractivity contribution is -0.120. The number of thiocarbonyl (C=S) groups is 1. The minimum absolute atomic E-state index is 0.182. The van der Waals surface area contributed by atoms with Gasteiger partial charge < -0.3 is 9.47 Å². The average Bonchev–Trinajstić information content (AvgIpc) is 3.13. The quantitative estimate of drug-likeness (QED) is 0.201. The number of rotatable bonds is 6. The van der Waals surface area contributed by atoms with E-state index in [1.807, 2.05) is 36.4 Å². The van der Waals surface area contributed by atoms with E-state index in [1.165, 1.54) is 13.3 Å². The lowest BCUT2D eigenvalue weighted by Gasteiger charge is -2.10.